The van der Waals surface area contributed by atoms with Crippen LogP contribution in [0.4, 0.5) is 0 Å². The van der Waals surface area contributed by atoms with Gasteiger partial charge in [0.1, 0.15) is 6.10 Å². The highest BCUT2D eigenvalue weighted by Gasteiger charge is 2.48. The Kier molecular flexibility index (Phi) is 4.70. The monoisotopic (exact) mass is 303 g/mol. The Bertz CT molecular complexity index is 640. The van der Waals surface area contributed by atoms with Crippen molar-refractivity contribution < 1.29 is 9.09 Å². The van der Waals surface area contributed by atoms with E-state index in [1.54, 1.807) is 6.08 Å². The van der Waals surface area contributed by atoms with E-state index in [4.69, 9.17) is 4.52 Å². The quantitative estimate of drug-likeness (QED) is 0.451. The van der Waals surface area contributed by atoms with Crippen molar-refractivity contribution in [2.24, 2.45) is 0 Å². The first-order chi connectivity index (χ1) is 9.90. The first kappa shape index (κ1) is 16.0. The number of hydrogen-bond acceptors (Lipinski definition) is 2. The lowest BCUT2D eigenvalue weighted by molar-refractivity contribution is 0.211. The van der Waals surface area contributed by atoms with E-state index in [0.29, 0.717) is 5.31 Å². The molecule has 0 unspecified atom stereocenters. The minimum absolute atomic E-state index is 0.0205. The number of hydrogen-bond donors (Lipinski definition) is 0. The zero-order valence-corrected chi connectivity index (χ0v) is 13.9. The van der Waals surface area contributed by atoms with E-state index in [-0.39, 0.29) is 12.1 Å². The minimum Gasteiger partial charge on any atom is -0.304 e. The molecule has 1 saturated heterocycles. The molecular weight excluding hydrogens is 281 g/mol. The maximum absolute atomic E-state index is 13.3. The Morgan fingerprint density at radius 1 is 1.38 bits per heavy atom. The average Bonchev–Trinajstić information content (AvgIpc) is 2.71. The van der Waals surface area contributed by atoms with Crippen molar-refractivity contribution in [3.63, 3.8) is 0 Å². The zero-order chi connectivity index (χ0) is 15.6. The number of benzene rings is 1. The molecule has 3 nitrogen and oxygen atoms in total. The predicted molar refractivity (Wildman–Crippen MR) is 87.2 cm³/mol. The van der Waals surface area contributed by atoms with Crippen LogP contribution in [-0.2, 0) is 9.09 Å². The Balaban J connectivity index is 2.47. The topological polar surface area (TPSA) is 29.5 Å². The molecule has 1 heterocycles. The average molecular weight is 303 g/mol. The maximum atomic E-state index is 13.3. The molecule has 1 aliphatic rings. The molecule has 0 radical (unpaired) electrons. The largest absolute Gasteiger partial charge is 0.310 e. The fourth-order valence-electron chi connectivity index (χ4n) is 2.45. The summed E-state index contributed by atoms with van der Waals surface area (Å²) in [4.78, 5) is 0. The molecule has 0 bridgehead atoms. The highest BCUT2D eigenvalue weighted by molar-refractivity contribution is 7.61. The molecule has 1 fully saturated rings. The third kappa shape index (κ3) is 2.97. The van der Waals surface area contributed by atoms with E-state index >= 15 is 0 Å². The molecule has 0 amide bonds. The summed E-state index contributed by atoms with van der Waals surface area (Å²) in [5.74, 6) is 0. The van der Waals surface area contributed by atoms with Gasteiger partial charge in [0.2, 0.25) is 0 Å². The van der Waals surface area contributed by atoms with Gasteiger partial charge in [0.05, 0.1) is 5.31 Å². The van der Waals surface area contributed by atoms with E-state index in [9.17, 15) is 4.57 Å². The molecule has 21 heavy (non-hydrogen) atoms. The van der Waals surface area contributed by atoms with Gasteiger partial charge in [-0.25, -0.2) is 4.67 Å². The first-order valence-electron chi connectivity index (χ1n) is 7.04. The summed E-state index contributed by atoms with van der Waals surface area (Å²) in [5, 5.41) is 0.537. The lowest BCUT2D eigenvalue weighted by Gasteiger charge is -2.20. The lowest BCUT2D eigenvalue weighted by Crippen LogP contribution is -2.23. The summed E-state index contributed by atoms with van der Waals surface area (Å²) in [7, 11) is -1.26. The van der Waals surface area contributed by atoms with Crippen molar-refractivity contribution in [1.82, 2.24) is 4.67 Å². The highest BCUT2D eigenvalue weighted by atomic mass is 31.2. The van der Waals surface area contributed by atoms with Crippen LogP contribution in [0.25, 0.3) is 0 Å². The lowest BCUT2D eigenvalue weighted by atomic mass is 10.0. The second-order valence-corrected chi connectivity index (χ2v) is 7.85. The molecule has 1 aromatic rings. The summed E-state index contributed by atoms with van der Waals surface area (Å²) in [6, 6.07) is 9.92. The number of likely N-dealkylation sites (N-methyl/N-ethyl adjacent to an activating group) is 1. The van der Waals surface area contributed by atoms with Gasteiger partial charge in [0, 0.05) is 6.04 Å². The highest BCUT2D eigenvalue weighted by Crippen LogP contribution is 2.67. The minimum atomic E-state index is -3.10. The third-order valence-corrected chi connectivity index (χ3v) is 6.31. The second kappa shape index (κ2) is 6.17. The molecule has 0 aliphatic carbocycles. The molecule has 0 aromatic heterocycles. The molecule has 112 valence electrons. The van der Waals surface area contributed by atoms with Crippen molar-refractivity contribution in [3.8, 4) is 0 Å². The van der Waals surface area contributed by atoms with Crippen LogP contribution in [-0.4, -0.2) is 17.8 Å². The van der Waals surface area contributed by atoms with Crippen LogP contribution in [0, 0.1) is 0 Å². The number of nitrogens with zero attached hydrogens (tertiary/aromatic N) is 1. The van der Waals surface area contributed by atoms with Crippen molar-refractivity contribution in [2.75, 3.05) is 7.05 Å². The van der Waals surface area contributed by atoms with Gasteiger partial charge in [0.25, 0.3) is 0 Å². The molecule has 4 heteroatoms. The normalized spacial score (nSPS) is 29.0. The molecule has 3 atom stereocenters. The summed E-state index contributed by atoms with van der Waals surface area (Å²) in [5.41, 5.74) is 5.11. The molecule has 0 saturated carbocycles. The standard InChI is InChI=1S/C17H22NO2P/c1-6-16(12-13(2)3)21(19)18(5)14(4)17(20-21)15-10-8-7-9-11-15/h6-11,14,17H,1H2,2-5H3/t14-,17+,21+/m1/s1. The summed E-state index contributed by atoms with van der Waals surface area (Å²) in [6.07, 6.45) is 1.38. The molecule has 1 aliphatic heterocycles. The first-order valence-corrected chi connectivity index (χ1v) is 8.61. The Labute approximate surface area is 127 Å². The smallest absolute Gasteiger partial charge is 0.304 e. The van der Waals surface area contributed by atoms with Crippen LogP contribution in [0.3, 0.4) is 0 Å². The van der Waals surface area contributed by atoms with E-state index in [1.165, 1.54) is 0 Å². The zero-order valence-electron chi connectivity index (χ0n) is 13.0. The van der Waals surface area contributed by atoms with Gasteiger partial charge in [-0.2, -0.15) is 0 Å². The fourth-order valence-corrected chi connectivity index (χ4v) is 4.86. The number of allylic oxidation sites excluding steroid dienone is 2. The third-order valence-electron chi connectivity index (χ3n) is 3.70. The maximum Gasteiger partial charge on any atom is 0.310 e. The Morgan fingerprint density at radius 3 is 2.52 bits per heavy atom. The van der Waals surface area contributed by atoms with Crippen LogP contribution >= 0.6 is 7.52 Å². The summed E-state index contributed by atoms with van der Waals surface area (Å²) >= 11 is 0. The van der Waals surface area contributed by atoms with Gasteiger partial charge < -0.3 is 4.52 Å². The van der Waals surface area contributed by atoms with E-state index in [0.717, 1.165) is 11.1 Å². The predicted octanol–water partition coefficient (Wildman–Crippen LogP) is 4.91. The van der Waals surface area contributed by atoms with Crippen molar-refractivity contribution >= 4 is 7.52 Å². The Hall–Kier alpha value is -1.37. The summed E-state index contributed by atoms with van der Waals surface area (Å²) in [6.45, 7) is 9.64. The van der Waals surface area contributed by atoms with Crippen LogP contribution in [0.5, 0.6) is 0 Å². The van der Waals surface area contributed by atoms with Crippen molar-refractivity contribution in [3.05, 3.63) is 65.2 Å². The van der Waals surface area contributed by atoms with Crippen molar-refractivity contribution in [1.29, 1.82) is 0 Å². The summed E-state index contributed by atoms with van der Waals surface area (Å²) < 4.78 is 21.2. The van der Waals surface area contributed by atoms with Gasteiger partial charge in [0.15, 0.2) is 0 Å². The van der Waals surface area contributed by atoms with Crippen LogP contribution in [0.15, 0.2) is 59.6 Å². The molecular formula is C17H22NO2P. The van der Waals surface area contributed by atoms with Crippen molar-refractivity contribution in [2.45, 2.75) is 32.9 Å². The number of rotatable bonds is 3. The molecule has 0 spiro atoms. The van der Waals surface area contributed by atoms with E-state index in [1.807, 2.05) is 62.8 Å². The van der Waals surface area contributed by atoms with E-state index < -0.39 is 7.52 Å². The molecule has 1 aromatic carbocycles. The van der Waals surface area contributed by atoms with Crippen LogP contribution in [0.1, 0.15) is 32.4 Å². The van der Waals surface area contributed by atoms with Gasteiger partial charge in [-0.3, -0.25) is 4.57 Å². The molecule has 2 rings (SSSR count). The van der Waals surface area contributed by atoms with Crippen LogP contribution in [0.2, 0.25) is 0 Å². The van der Waals surface area contributed by atoms with Gasteiger partial charge in [-0.1, -0.05) is 36.9 Å². The van der Waals surface area contributed by atoms with Gasteiger partial charge >= 0.3 is 7.52 Å². The van der Waals surface area contributed by atoms with Gasteiger partial charge in [-0.15, -0.1) is 5.73 Å². The van der Waals surface area contributed by atoms with E-state index in [2.05, 4.69) is 12.3 Å². The SMILES string of the molecule is C=CC(=C=C(C)C)[P@]1(=O)O[C@H](c2ccccc2)[C@@H](C)N1C. The van der Waals surface area contributed by atoms with Gasteiger partial charge in [-0.05, 0) is 45.0 Å². The fraction of sp³-hybridized carbons (Fsp3) is 0.353. The Morgan fingerprint density at radius 2 is 2.00 bits per heavy atom. The molecule has 0 N–H and O–H groups in total. The second-order valence-electron chi connectivity index (χ2n) is 5.49. The van der Waals surface area contributed by atoms with Crippen LogP contribution < -0.4 is 0 Å².